The van der Waals surface area contributed by atoms with Gasteiger partial charge in [-0.05, 0) is 180 Å². The monoisotopic (exact) mass is 950 g/mol. The molecule has 12 rings (SSSR count). The Balaban J connectivity index is 0.892. The van der Waals surface area contributed by atoms with Gasteiger partial charge in [0.1, 0.15) is 0 Å². The number of nitrogens with zero attached hydrogens (tertiary/aromatic N) is 4. The highest BCUT2D eigenvalue weighted by Crippen LogP contribution is 2.44. The lowest BCUT2D eigenvalue weighted by molar-refractivity contribution is 1.25. The summed E-state index contributed by atoms with van der Waals surface area (Å²) in [6.45, 7) is 4.29. The minimum absolute atomic E-state index is 1.07. The Labute approximate surface area is 434 Å². The van der Waals surface area contributed by atoms with Gasteiger partial charge in [-0.1, -0.05) is 158 Å². The zero-order valence-corrected chi connectivity index (χ0v) is 41.5. The van der Waals surface area contributed by atoms with Crippen LogP contribution in [0.4, 0.5) is 68.2 Å². The van der Waals surface area contributed by atoms with Crippen LogP contribution in [0.2, 0.25) is 0 Å². The van der Waals surface area contributed by atoms with Gasteiger partial charge in [0, 0.05) is 67.6 Å². The molecular formula is C70H54N4. The summed E-state index contributed by atoms with van der Waals surface area (Å²) in [6.07, 6.45) is 0. The molecule has 0 heterocycles. The molecule has 0 bridgehead atoms. The molecule has 12 aromatic carbocycles. The van der Waals surface area contributed by atoms with Crippen LogP contribution < -0.4 is 19.6 Å². The molecule has 354 valence electrons. The molecule has 0 aliphatic rings. The predicted molar refractivity (Wildman–Crippen MR) is 315 cm³/mol. The lowest BCUT2D eigenvalue weighted by Gasteiger charge is -2.29. The van der Waals surface area contributed by atoms with E-state index in [1.807, 2.05) is 0 Å². The highest BCUT2D eigenvalue weighted by molar-refractivity contribution is 6.01. The third-order valence-corrected chi connectivity index (χ3v) is 13.9. The second-order valence-corrected chi connectivity index (χ2v) is 18.8. The second-order valence-electron chi connectivity index (χ2n) is 18.8. The van der Waals surface area contributed by atoms with Crippen LogP contribution in [0.5, 0.6) is 0 Å². The largest absolute Gasteiger partial charge is 0.310 e. The van der Waals surface area contributed by atoms with Crippen molar-refractivity contribution in [3.63, 3.8) is 0 Å². The molecule has 0 unspecified atom stereocenters. The molecular weight excluding hydrogens is 897 g/mol. The van der Waals surface area contributed by atoms with E-state index < -0.39 is 0 Å². The van der Waals surface area contributed by atoms with Crippen LogP contribution in [0, 0.1) is 13.8 Å². The molecule has 4 heteroatoms. The van der Waals surface area contributed by atoms with Crippen molar-refractivity contribution in [3.05, 3.63) is 302 Å². The van der Waals surface area contributed by atoms with E-state index in [0.29, 0.717) is 0 Å². The van der Waals surface area contributed by atoms with Gasteiger partial charge in [0.05, 0.1) is 11.4 Å². The van der Waals surface area contributed by atoms with Crippen LogP contribution in [0.1, 0.15) is 11.1 Å². The van der Waals surface area contributed by atoms with Crippen molar-refractivity contribution in [1.29, 1.82) is 0 Å². The Hall–Kier alpha value is -9.64. The summed E-state index contributed by atoms with van der Waals surface area (Å²) >= 11 is 0. The summed E-state index contributed by atoms with van der Waals surface area (Å²) in [7, 11) is 0. The summed E-state index contributed by atoms with van der Waals surface area (Å²) in [5, 5.41) is 4.77. The number of anilines is 12. The number of aryl methyl sites for hydroxylation is 2. The summed E-state index contributed by atoms with van der Waals surface area (Å²) in [5.41, 5.74) is 17.9. The Morgan fingerprint density at radius 3 is 0.838 bits per heavy atom. The molecule has 4 nitrogen and oxygen atoms in total. The summed E-state index contributed by atoms with van der Waals surface area (Å²) < 4.78 is 0. The van der Waals surface area contributed by atoms with Crippen LogP contribution in [0.15, 0.2) is 291 Å². The molecule has 0 fully saturated rings. The predicted octanol–water partition coefficient (Wildman–Crippen LogP) is 20.2. The van der Waals surface area contributed by atoms with Crippen molar-refractivity contribution in [2.24, 2.45) is 0 Å². The average Bonchev–Trinajstić information content (AvgIpc) is 3.46. The van der Waals surface area contributed by atoms with Crippen LogP contribution in [-0.4, -0.2) is 0 Å². The lowest BCUT2D eigenvalue weighted by Crippen LogP contribution is -2.12. The molecule has 0 N–H and O–H groups in total. The fourth-order valence-electron chi connectivity index (χ4n) is 10.4. The quantitative estimate of drug-likeness (QED) is 0.114. The van der Waals surface area contributed by atoms with E-state index in [1.54, 1.807) is 0 Å². The van der Waals surface area contributed by atoms with Crippen molar-refractivity contribution in [3.8, 4) is 11.1 Å². The van der Waals surface area contributed by atoms with Crippen molar-refractivity contribution in [2.45, 2.75) is 13.8 Å². The van der Waals surface area contributed by atoms with Gasteiger partial charge < -0.3 is 19.6 Å². The Morgan fingerprint density at radius 1 is 0.203 bits per heavy atom. The maximum Gasteiger partial charge on any atom is 0.0540 e. The molecule has 0 amide bonds. The van der Waals surface area contributed by atoms with E-state index in [1.165, 1.54) is 32.7 Å². The smallest absolute Gasteiger partial charge is 0.0540 e. The zero-order valence-electron chi connectivity index (χ0n) is 41.5. The molecule has 0 aliphatic carbocycles. The number of rotatable bonds is 13. The standard InChI is InChI=1S/C70H54N4/c1-51-17-13-27-65(49-51)71(57-23-5-3-6-24-57)59-41-45-63(46-42-59)73(69-31-15-21-55-19-9-11-29-67(55)69)61-37-33-53(34-38-61)54-35-39-62(40-36-54)74(70-32-16-22-56-20-10-12-30-68(56)70)64-47-43-60(44-48-64)72(58-25-7-4-8-26-58)66-28-14-18-52(2)50-66/h3-50H,1-2H3. The van der Waals surface area contributed by atoms with Crippen LogP contribution in [0.25, 0.3) is 32.7 Å². The number of hydrogen-bond donors (Lipinski definition) is 0. The Bertz CT molecular complexity index is 3590. The second kappa shape index (κ2) is 20.2. The van der Waals surface area contributed by atoms with E-state index >= 15 is 0 Å². The van der Waals surface area contributed by atoms with Gasteiger partial charge in [-0.25, -0.2) is 0 Å². The first-order chi connectivity index (χ1) is 36.5. The highest BCUT2D eigenvalue weighted by Gasteiger charge is 2.21. The first-order valence-corrected chi connectivity index (χ1v) is 25.3. The van der Waals surface area contributed by atoms with Gasteiger partial charge in [-0.15, -0.1) is 0 Å². The maximum absolute atomic E-state index is 2.38. The fraction of sp³-hybridized carbons (Fsp3) is 0.0286. The van der Waals surface area contributed by atoms with E-state index in [0.717, 1.165) is 79.4 Å². The number of benzene rings is 12. The first-order valence-electron chi connectivity index (χ1n) is 25.3. The number of para-hydroxylation sites is 2. The van der Waals surface area contributed by atoms with Crippen molar-refractivity contribution in [2.75, 3.05) is 19.6 Å². The van der Waals surface area contributed by atoms with Crippen molar-refractivity contribution >= 4 is 89.8 Å². The summed E-state index contributed by atoms with van der Waals surface area (Å²) in [4.78, 5) is 9.41. The topological polar surface area (TPSA) is 13.0 Å². The van der Waals surface area contributed by atoms with Crippen molar-refractivity contribution < 1.29 is 0 Å². The zero-order chi connectivity index (χ0) is 49.8. The lowest BCUT2D eigenvalue weighted by atomic mass is 10.0. The highest BCUT2D eigenvalue weighted by atomic mass is 15.2. The molecule has 0 spiro atoms. The normalized spacial score (nSPS) is 11.1. The molecule has 0 atom stereocenters. The Kier molecular flexibility index (Phi) is 12.4. The van der Waals surface area contributed by atoms with Crippen LogP contribution >= 0.6 is 0 Å². The molecule has 12 aromatic rings. The number of hydrogen-bond acceptors (Lipinski definition) is 4. The van der Waals surface area contributed by atoms with E-state index in [-0.39, 0.29) is 0 Å². The minimum atomic E-state index is 1.07. The van der Waals surface area contributed by atoms with Crippen molar-refractivity contribution in [1.82, 2.24) is 0 Å². The van der Waals surface area contributed by atoms with E-state index in [9.17, 15) is 0 Å². The molecule has 0 radical (unpaired) electrons. The van der Waals surface area contributed by atoms with Gasteiger partial charge in [-0.3, -0.25) is 0 Å². The first kappa shape index (κ1) is 45.5. The third-order valence-electron chi connectivity index (χ3n) is 13.9. The van der Waals surface area contributed by atoms with Gasteiger partial charge in [0.15, 0.2) is 0 Å². The maximum atomic E-state index is 2.38. The average molecular weight is 951 g/mol. The van der Waals surface area contributed by atoms with E-state index in [4.69, 9.17) is 0 Å². The third kappa shape index (κ3) is 9.13. The van der Waals surface area contributed by atoms with Gasteiger partial charge in [0.25, 0.3) is 0 Å². The van der Waals surface area contributed by atoms with Crippen LogP contribution in [-0.2, 0) is 0 Å². The molecule has 74 heavy (non-hydrogen) atoms. The Morgan fingerprint density at radius 2 is 0.473 bits per heavy atom. The fourth-order valence-corrected chi connectivity index (χ4v) is 10.4. The van der Waals surface area contributed by atoms with Gasteiger partial charge >= 0.3 is 0 Å². The number of fused-ring (bicyclic) bond motifs is 2. The van der Waals surface area contributed by atoms with Gasteiger partial charge in [-0.2, -0.15) is 0 Å². The van der Waals surface area contributed by atoms with E-state index in [2.05, 4.69) is 325 Å². The summed E-state index contributed by atoms with van der Waals surface area (Å²) in [6, 6.07) is 105. The molecule has 0 saturated heterocycles. The summed E-state index contributed by atoms with van der Waals surface area (Å²) in [5.74, 6) is 0. The SMILES string of the molecule is Cc1cccc(N(c2ccccc2)c2ccc(N(c3ccc(-c4ccc(N(c5ccc(N(c6ccccc6)c6cccc(C)c6)cc5)c5cccc6ccccc56)cc4)cc3)c3cccc4ccccc34)cc2)c1. The minimum Gasteiger partial charge on any atom is -0.310 e. The molecule has 0 aliphatic heterocycles. The van der Waals surface area contributed by atoms with Gasteiger partial charge in [0.2, 0.25) is 0 Å². The van der Waals surface area contributed by atoms with Crippen LogP contribution in [0.3, 0.4) is 0 Å². The molecule has 0 saturated carbocycles. The molecule has 0 aromatic heterocycles.